The van der Waals surface area contributed by atoms with Crippen LogP contribution in [0.5, 0.6) is 0 Å². The lowest BCUT2D eigenvalue weighted by Gasteiger charge is -2.17. The molecule has 0 aromatic carbocycles. The lowest BCUT2D eigenvalue weighted by Crippen LogP contribution is -2.20. The normalized spacial score (nSPS) is 15.1. The number of pyridine rings is 1. The van der Waals surface area contributed by atoms with Crippen LogP contribution in [0.2, 0.25) is 0 Å². The molecule has 1 aliphatic heterocycles. The number of aryl methyl sites for hydroxylation is 2. The standard InChI is InChI=1S/C10H11NO2/c1-6-5-8-3-4-13-10(12)9(8)7(2)11-6/h5H,3-4H2,1-2H3. The van der Waals surface area contributed by atoms with Crippen molar-refractivity contribution in [2.75, 3.05) is 6.61 Å². The fourth-order valence-electron chi connectivity index (χ4n) is 1.71. The van der Waals surface area contributed by atoms with E-state index in [0.29, 0.717) is 12.2 Å². The Morgan fingerprint density at radius 1 is 1.46 bits per heavy atom. The molecular formula is C10H11NO2. The number of ether oxygens (including phenoxy) is 1. The molecule has 2 heterocycles. The topological polar surface area (TPSA) is 39.2 Å². The summed E-state index contributed by atoms with van der Waals surface area (Å²) in [5.41, 5.74) is 3.48. The van der Waals surface area contributed by atoms with Gasteiger partial charge in [0.2, 0.25) is 0 Å². The van der Waals surface area contributed by atoms with E-state index in [2.05, 4.69) is 4.98 Å². The third-order valence-corrected chi connectivity index (χ3v) is 2.22. The van der Waals surface area contributed by atoms with Gasteiger partial charge in [0, 0.05) is 12.1 Å². The summed E-state index contributed by atoms with van der Waals surface area (Å²) >= 11 is 0. The lowest BCUT2D eigenvalue weighted by molar-refractivity contribution is 0.0478. The molecule has 0 saturated carbocycles. The van der Waals surface area contributed by atoms with Crippen LogP contribution in [0.4, 0.5) is 0 Å². The van der Waals surface area contributed by atoms with Crippen LogP contribution in [0.15, 0.2) is 6.07 Å². The first kappa shape index (κ1) is 8.23. The monoisotopic (exact) mass is 177 g/mol. The van der Waals surface area contributed by atoms with Crippen molar-refractivity contribution in [3.8, 4) is 0 Å². The summed E-state index contributed by atoms with van der Waals surface area (Å²) < 4.78 is 4.95. The van der Waals surface area contributed by atoms with E-state index in [1.807, 2.05) is 19.9 Å². The number of esters is 1. The zero-order valence-electron chi connectivity index (χ0n) is 7.76. The van der Waals surface area contributed by atoms with E-state index in [-0.39, 0.29) is 5.97 Å². The minimum Gasteiger partial charge on any atom is -0.462 e. The smallest absolute Gasteiger partial charge is 0.340 e. The second kappa shape index (κ2) is 2.83. The van der Waals surface area contributed by atoms with Crippen molar-refractivity contribution in [1.82, 2.24) is 4.98 Å². The van der Waals surface area contributed by atoms with Crippen LogP contribution in [0.3, 0.4) is 0 Å². The number of carbonyl (C=O) groups excluding carboxylic acids is 1. The number of carbonyl (C=O) groups is 1. The van der Waals surface area contributed by atoms with Gasteiger partial charge in [0.1, 0.15) is 0 Å². The Hall–Kier alpha value is -1.38. The van der Waals surface area contributed by atoms with E-state index in [4.69, 9.17) is 4.74 Å². The highest BCUT2D eigenvalue weighted by Crippen LogP contribution is 2.19. The fraction of sp³-hybridized carbons (Fsp3) is 0.400. The summed E-state index contributed by atoms with van der Waals surface area (Å²) in [5, 5.41) is 0. The van der Waals surface area contributed by atoms with Crippen LogP contribution in [0, 0.1) is 13.8 Å². The third-order valence-electron chi connectivity index (χ3n) is 2.22. The summed E-state index contributed by atoms with van der Waals surface area (Å²) in [4.78, 5) is 15.6. The van der Waals surface area contributed by atoms with Gasteiger partial charge in [-0.05, 0) is 25.5 Å². The van der Waals surface area contributed by atoms with Crippen LogP contribution in [0.25, 0.3) is 0 Å². The molecular weight excluding hydrogens is 166 g/mol. The number of hydrogen-bond donors (Lipinski definition) is 0. The Balaban J connectivity index is 2.63. The molecule has 0 atom stereocenters. The molecule has 0 radical (unpaired) electrons. The van der Waals surface area contributed by atoms with Crippen LogP contribution < -0.4 is 0 Å². The Labute approximate surface area is 76.7 Å². The van der Waals surface area contributed by atoms with Gasteiger partial charge in [0.15, 0.2) is 0 Å². The summed E-state index contributed by atoms with van der Waals surface area (Å²) in [6, 6.07) is 1.96. The molecule has 0 spiro atoms. The molecule has 0 fully saturated rings. The van der Waals surface area contributed by atoms with E-state index >= 15 is 0 Å². The van der Waals surface area contributed by atoms with Gasteiger partial charge < -0.3 is 4.74 Å². The second-order valence-corrected chi connectivity index (χ2v) is 3.27. The Morgan fingerprint density at radius 2 is 2.23 bits per heavy atom. The molecule has 0 unspecified atom stereocenters. The van der Waals surface area contributed by atoms with Crippen LogP contribution in [0.1, 0.15) is 27.3 Å². The first-order chi connectivity index (χ1) is 6.18. The molecule has 0 bridgehead atoms. The SMILES string of the molecule is Cc1cc2c(c(C)n1)C(=O)OCC2. The number of fused-ring (bicyclic) bond motifs is 1. The number of rotatable bonds is 0. The van der Waals surface area contributed by atoms with Gasteiger partial charge in [-0.2, -0.15) is 0 Å². The summed E-state index contributed by atoms with van der Waals surface area (Å²) in [6.07, 6.45) is 0.811. The zero-order valence-corrected chi connectivity index (χ0v) is 7.76. The molecule has 0 amide bonds. The number of aromatic nitrogens is 1. The van der Waals surface area contributed by atoms with E-state index in [1.54, 1.807) is 0 Å². The Morgan fingerprint density at radius 3 is 3.00 bits per heavy atom. The second-order valence-electron chi connectivity index (χ2n) is 3.27. The first-order valence-electron chi connectivity index (χ1n) is 4.33. The lowest BCUT2D eigenvalue weighted by atomic mass is 10.0. The predicted octanol–water partition coefficient (Wildman–Crippen LogP) is 1.41. The van der Waals surface area contributed by atoms with Gasteiger partial charge in [0.25, 0.3) is 0 Å². The molecule has 0 aliphatic carbocycles. The highest BCUT2D eigenvalue weighted by atomic mass is 16.5. The molecule has 0 N–H and O–H groups in total. The van der Waals surface area contributed by atoms with Crippen molar-refractivity contribution in [3.05, 3.63) is 28.6 Å². The molecule has 68 valence electrons. The third kappa shape index (κ3) is 1.30. The van der Waals surface area contributed by atoms with Crippen molar-refractivity contribution in [2.24, 2.45) is 0 Å². The van der Waals surface area contributed by atoms with Gasteiger partial charge in [0.05, 0.1) is 17.9 Å². The maximum Gasteiger partial charge on any atom is 0.340 e. The van der Waals surface area contributed by atoms with Crippen molar-refractivity contribution >= 4 is 5.97 Å². The van der Waals surface area contributed by atoms with E-state index in [9.17, 15) is 4.79 Å². The highest BCUT2D eigenvalue weighted by Gasteiger charge is 2.21. The average Bonchev–Trinajstić information content (AvgIpc) is 2.02. The average molecular weight is 177 g/mol. The maximum absolute atomic E-state index is 11.4. The van der Waals surface area contributed by atoms with Gasteiger partial charge in [-0.15, -0.1) is 0 Å². The maximum atomic E-state index is 11.4. The summed E-state index contributed by atoms with van der Waals surface area (Å²) in [7, 11) is 0. The van der Waals surface area contributed by atoms with Crippen molar-refractivity contribution in [3.63, 3.8) is 0 Å². The Kier molecular flexibility index (Phi) is 1.79. The van der Waals surface area contributed by atoms with E-state index in [0.717, 1.165) is 23.4 Å². The number of cyclic esters (lactones) is 1. The first-order valence-corrected chi connectivity index (χ1v) is 4.33. The van der Waals surface area contributed by atoms with E-state index in [1.165, 1.54) is 0 Å². The van der Waals surface area contributed by atoms with Crippen molar-refractivity contribution in [2.45, 2.75) is 20.3 Å². The highest BCUT2D eigenvalue weighted by molar-refractivity contribution is 5.93. The molecule has 2 rings (SSSR count). The fourth-order valence-corrected chi connectivity index (χ4v) is 1.71. The molecule has 13 heavy (non-hydrogen) atoms. The van der Waals surface area contributed by atoms with Crippen molar-refractivity contribution < 1.29 is 9.53 Å². The van der Waals surface area contributed by atoms with Crippen LogP contribution in [-0.4, -0.2) is 17.6 Å². The molecule has 3 nitrogen and oxygen atoms in total. The van der Waals surface area contributed by atoms with Crippen LogP contribution >= 0.6 is 0 Å². The summed E-state index contributed by atoms with van der Waals surface area (Å²) in [5.74, 6) is -0.230. The Bertz CT molecular complexity index is 371. The van der Waals surface area contributed by atoms with Gasteiger partial charge in [-0.1, -0.05) is 0 Å². The predicted molar refractivity (Wildman–Crippen MR) is 47.7 cm³/mol. The minimum atomic E-state index is -0.230. The number of nitrogens with zero attached hydrogens (tertiary/aromatic N) is 1. The zero-order chi connectivity index (χ0) is 9.42. The van der Waals surface area contributed by atoms with Crippen molar-refractivity contribution in [1.29, 1.82) is 0 Å². The number of hydrogen-bond acceptors (Lipinski definition) is 3. The molecule has 0 saturated heterocycles. The quantitative estimate of drug-likeness (QED) is 0.562. The van der Waals surface area contributed by atoms with E-state index < -0.39 is 0 Å². The molecule has 1 aromatic rings. The summed E-state index contributed by atoms with van der Waals surface area (Å²) in [6.45, 7) is 4.28. The van der Waals surface area contributed by atoms with Gasteiger partial charge in [-0.25, -0.2) is 4.79 Å². The van der Waals surface area contributed by atoms with Gasteiger partial charge >= 0.3 is 5.97 Å². The minimum absolute atomic E-state index is 0.230. The van der Waals surface area contributed by atoms with Gasteiger partial charge in [-0.3, -0.25) is 4.98 Å². The largest absolute Gasteiger partial charge is 0.462 e. The molecule has 1 aliphatic rings. The molecule has 3 heteroatoms. The van der Waals surface area contributed by atoms with Crippen LogP contribution in [-0.2, 0) is 11.2 Å². The molecule has 1 aromatic heterocycles.